The molecule has 4 N–H and O–H groups in total. The van der Waals surface area contributed by atoms with Crippen molar-refractivity contribution >= 4 is 52.3 Å². The molecule has 0 aromatic heterocycles. The van der Waals surface area contributed by atoms with Gasteiger partial charge >= 0.3 is 0 Å². The molecule has 0 heterocycles. The summed E-state index contributed by atoms with van der Waals surface area (Å²) in [5.74, 6) is -1.07. The Balaban J connectivity index is 1.86. The number of hydrazine groups is 1. The summed E-state index contributed by atoms with van der Waals surface area (Å²) in [6.45, 7) is 1.75. The van der Waals surface area contributed by atoms with Crippen LogP contribution < -0.4 is 21.5 Å². The van der Waals surface area contributed by atoms with Crippen LogP contribution in [-0.2, 0) is 4.79 Å². The van der Waals surface area contributed by atoms with E-state index in [9.17, 15) is 14.4 Å². The van der Waals surface area contributed by atoms with Crippen LogP contribution >= 0.6 is 23.8 Å². The lowest BCUT2D eigenvalue weighted by Crippen LogP contribution is -2.48. The van der Waals surface area contributed by atoms with Crippen molar-refractivity contribution in [1.82, 2.24) is 16.2 Å². The second-order valence-corrected chi connectivity index (χ2v) is 6.14. The molecule has 0 saturated carbocycles. The number of nitrogens with one attached hydrogen (secondary N) is 4. The van der Waals surface area contributed by atoms with Crippen LogP contribution in [0.1, 0.15) is 34.1 Å². The molecule has 0 aliphatic carbocycles. The normalized spacial score (nSPS) is 9.85. The molecule has 0 radical (unpaired) electrons. The number of amides is 3. The fourth-order valence-electron chi connectivity index (χ4n) is 1.99. The van der Waals surface area contributed by atoms with Gasteiger partial charge in [0.1, 0.15) is 0 Å². The van der Waals surface area contributed by atoms with Gasteiger partial charge in [0.2, 0.25) is 5.91 Å². The van der Waals surface area contributed by atoms with Crippen LogP contribution in [0.4, 0.5) is 5.69 Å². The summed E-state index contributed by atoms with van der Waals surface area (Å²) < 4.78 is 0. The van der Waals surface area contributed by atoms with Gasteiger partial charge in [-0.3, -0.25) is 30.6 Å². The first-order chi connectivity index (χ1) is 12.9. The molecule has 0 spiro atoms. The Hall–Kier alpha value is -2.97. The number of benzene rings is 2. The molecule has 3 amide bonds. The summed E-state index contributed by atoms with van der Waals surface area (Å²) in [5, 5.41) is 5.31. The van der Waals surface area contributed by atoms with E-state index < -0.39 is 11.8 Å². The van der Waals surface area contributed by atoms with Crippen LogP contribution in [0.15, 0.2) is 48.5 Å². The van der Waals surface area contributed by atoms with Gasteiger partial charge in [0.15, 0.2) is 5.11 Å². The van der Waals surface area contributed by atoms with E-state index in [1.54, 1.807) is 55.5 Å². The Labute approximate surface area is 166 Å². The molecule has 0 unspecified atom stereocenters. The smallest absolute Gasteiger partial charge is 0.269 e. The minimum Gasteiger partial charge on any atom is -0.326 e. The molecule has 2 rings (SSSR count). The van der Waals surface area contributed by atoms with E-state index in [-0.39, 0.29) is 21.6 Å². The Bertz CT molecular complexity index is 871. The number of hydrogen-bond acceptors (Lipinski definition) is 4. The van der Waals surface area contributed by atoms with Crippen molar-refractivity contribution in [3.63, 3.8) is 0 Å². The summed E-state index contributed by atoms with van der Waals surface area (Å²) >= 11 is 10.9. The first-order valence-electron chi connectivity index (χ1n) is 7.96. The third-order valence-corrected chi connectivity index (χ3v) is 3.92. The van der Waals surface area contributed by atoms with Crippen LogP contribution in [-0.4, -0.2) is 22.8 Å². The number of thiocarbonyl (C=S) groups is 1. The maximum Gasteiger partial charge on any atom is 0.269 e. The van der Waals surface area contributed by atoms with Crippen LogP contribution in [0.2, 0.25) is 5.02 Å². The maximum absolute atomic E-state index is 12.1. The van der Waals surface area contributed by atoms with Crippen molar-refractivity contribution in [2.75, 3.05) is 5.32 Å². The van der Waals surface area contributed by atoms with E-state index in [2.05, 4.69) is 21.5 Å². The Morgan fingerprint density at radius 3 is 2.26 bits per heavy atom. The molecule has 140 valence electrons. The summed E-state index contributed by atoms with van der Waals surface area (Å²) in [5.41, 5.74) is 6.02. The quantitative estimate of drug-likeness (QED) is 0.463. The first-order valence-corrected chi connectivity index (χ1v) is 8.75. The van der Waals surface area contributed by atoms with Gasteiger partial charge in [-0.25, -0.2) is 0 Å². The highest BCUT2D eigenvalue weighted by Crippen LogP contribution is 2.14. The monoisotopic (exact) mass is 404 g/mol. The number of anilines is 1. The standard InChI is InChI=1S/C18H17ClN4O3S/c1-2-15(24)20-12-9-7-11(8-10-12)16(25)22-23-18(27)21-17(26)13-5-3-4-6-14(13)19/h3-10H,2H2,1H3,(H,20,24)(H,22,25)(H2,21,23,26,27). The highest BCUT2D eigenvalue weighted by molar-refractivity contribution is 7.80. The van der Waals surface area contributed by atoms with E-state index >= 15 is 0 Å². The zero-order chi connectivity index (χ0) is 19.8. The van der Waals surface area contributed by atoms with E-state index in [0.29, 0.717) is 17.7 Å². The second-order valence-electron chi connectivity index (χ2n) is 5.32. The molecule has 0 aliphatic rings. The van der Waals surface area contributed by atoms with Crippen molar-refractivity contribution in [2.24, 2.45) is 0 Å². The van der Waals surface area contributed by atoms with Crippen LogP contribution in [0, 0.1) is 0 Å². The summed E-state index contributed by atoms with van der Waals surface area (Å²) in [6, 6.07) is 12.8. The molecule has 7 nitrogen and oxygen atoms in total. The highest BCUT2D eigenvalue weighted by Gasteiger charge is 2.12. The highest BCUT2D eigenvalue weighted by atomic mass is 35.5. The van der Waals surface area contributed by atoms with Gasteiger partial charge in [0.05, 0.1) is 10.6 Å². The summed E-state index contributed by atoms with van der Waals surface area (Å²) in [7, 11) is 0. The molecule has 0 saturated heterocycles. The lowest BCUT2D eigenvalue weighted by Gasteiger charge is -2.11. The second kappa shape index (κ2) is 9.65. The van der Waals surface area contributed by atoms with Gasteiger partial charge in [-0.15, -0.1) is 0 Å². The summed E-state index contributed by atoms with van der Waals surface area (Å²) in [4.78, 5) is 35.5. The molecular weight excluding hydrogens is 388 g/mol. The van der Waals surface area contributed by atoms with E-state index in [1.807, 2.05) is 0 Å². The maximum atomic E-state index is 12.1. The molecule has 9 heteroatoms. The summed E-state index contributed by atoms with van der Waals surface area (Å²) in [6.07, 6.45) is 0.365. The molecule has 0 fully saturated rings. The van der Waals surface area contributed by atoms with Crippen LogP contribution in [0.25, 0.3) is 0 Å². The van der Waals surface area contributed by atoms with Crippen molar-refractivity contribution in [3.05, 3.63) is 64.7 Å². The molecule has 2 aromatic carbocycles. The number of halogens is 1. The minimum absolute atomic E-state index is 0.0832. The average molecular weight is 405 g/mol. The third-order valence-electron chi connectivity index (χ3n) is 3.39. The lowest BCUT2D eigenvalue weighted by atomic mass is 10.2. The number of hydrogen-bond donors (Lipinski definition) is 4. The molecule has 0 aliphatic heterocycles. The van der Waals surface area contributed by atoms with Gasteiger partial charge in [-0.1, -0.05) is 30.7 Å². The van der Waals surface area contributed by atoms with E-state index in [0.717, 1.165) is 0 Å². The topological polar surface area (TPSA) is 99.3 Å². The van der Waals surface area contributed by atoms with Crippen LogP contribution in [0.5, 0.6) is 0 Å². The third kappa shape index (κ3) is 6.05. The first kappa shape index (κ1) is 20.3. The minimum atomic E-state index is -0.497. The Morgan fingerprint density at radius 2 is 1.63 bits per heavy atom. The Kier molecular flexibility index (Phi) is 7.27. The molecular formula is C18H17ClN4O3S. The predicted molar refractivity (Wildman–Crippen MR) is 107 cm³/mol. The lowest BCUT2D eigenvalue weighted by molar-refractivity contribution is -0.115. The molecule has 0 atom stereocenters. The fraction of sp³-hybridized carbons (Fsp3) is 0.111. The zero-order valence-corrected chi connectivity index (χ0v) is 15.9. The van der Waals surface area contributed by atoms with Gasteiger partial charge in [0, 0.05) is 17.7 Å². The van der Waals surface area contributed by atoms with Crippen LogP contribution in [0.3, 0.4) is 0 Å². The predicted octanol–water partition coefficient (Wildman–Crippen LogP) is 2.64. The molecule has 27 heavy (non-hydrogen) atoms. The van der Waals surface area contributed by atoms with Crippen molar-refractivity contribution in [2.45, 2.75) is 13.3 Å². The number of rotatable bonds is 4. The SMILES string of the molecule is CCC(=O)Nc1ccc(C(=O)NNC(=S)NC(=O)c2ccccc2Cl)cc1. The van der Waals surface area contributed by atoms with E-state index in [4.69, 9.17) is 23.8 Å². The fourth-order valence-corrected chi connectivity index (χ4v) is 2.35. The van der Waals surface area contributed by atoms with Crippen molar-refractivity contribution in [3.8, 4) is 0 Å². The Morgan fingerprint density at radius 1 is 0.963 bits per heavy atom. The largest absolute Gasteiger partial charge is 0.326 e. The van der Waals surface area contributed by atoms with Gasteiger partial charge < -0.3 is 5.32 Å². The number of carbonyl (C=O) groups excluding carboxylic acids is 3. The average Bonchev–Trinajstić information content (AvgIpc) is 2.66. The van der Waals surface area contributed by atoms with Gasteiger partial charge in [-0.05, 0) is 48.6 Å². The van der Waals surface area contributed by atoms with Gasteiger partial charge in [-0.2, -0.15) is 0 Å². The van der Waals surface area contributed by atoms with Crippen molar-refractivity contribution in [1.29, 1.82) is 0 Å². The van der Waals surface area contributed by atoms with E-state index in [1.165, 1.54) is 0 Å². The van der Waals surface area contributed by atoms with Crippen molar-refractivity contribution < 1.29 is 14.4 Å². The molecule has 0 bridgehead atoms. The zero-order valence-electron chi connectivity index (χ0n) is 14.3. The van der Waals surface area contributed by atoms with Gasteiger partial charge in [0.25, 0.3) is 11.8 Å². The molecule has 2 aromatic rings. The number of carbonyl (C=O) groups is 3.